The molecule has 0 aromatic carbocycles. The van der Waals surface area contributed by atoms with Gasteiger partial charge in [0.1, 0.15) is 0 Å². The van der Waals surface area contributed by atoms with Crippen LogP contribution in [0.25, 0.3) is 0 Å². The quantitative estimate of drug-likeness (QED) is 0.0952. The molecule has 0 saturated carbocycles. The number of aliphatic carboxylic acids is 1. The van der Waals surface area contributed by atoms with Gasteiger partial charge in [0.15, 0.2) is 0 Å². The van der Waals surface area contributed by atoms with E-state index >= 15 is 0 Å². The molecule has 0 atom stereocenters. The van der Waals surface area contributed by atoms with Gasteiger partial charge in [-0.05, 0) is 32.4 Å². The largest absolute Gasteiger partial charge is 1.00 e. The van der Waals surface area contributed by atoms with Crippen LogP contribution in [0.5, 0.6) is 0 Å². The van der Waals surface area contributed by atoms with Crippen molar-refractivity contribution in [2.45, 2.75) is 174 Å². The predicted molar refractivity (Wildman–Crippen MR) is 148 cm³/mol. The summed E-state index contributed by atoms with van der Waals surface area (Å²) in [4.78, 5) is 13.3. The van der Waals surface area contributed by atoms with Gasteiger partial charge in [-0.15, -0.1) is 0 Å². The van der Waals surface area contributed by atoms with Crippen molar-refractivity contribution < 1.29 is 39.5 Å². The topological polar surface area (TPSA) is 43.4 Å². The van der Waals surface area contributed by atoms with Gasteiger partial charge < -0.3 is 14.8 Å². The summed E-state index contributed by atoms with van der Waals surface area (Å²) < 4.78 is 0. The third-order valence-corrected chi connectivity index (χ3v) is 7.29. The van der Waals surface area contributed by atoms with Crippen molar-refractivity contribution in [3.05, 3.63) is 0 Å². The van der Waals surface area contributed by atoms with Crippen molar-refractivity contribution in [2.24, 2.45) is 0 Å². The first-order valence-electron chi connectivity index (χ1n) is 15.6. The molecular weight excluding hydrogens is 441 g/mol. The Balaban J connectivity index is 0. The number of hydrogen-bond acceptors (Lipinski definition) is 3. The maximum Gasteiger partial charge on any atom is 1.00 e. The van der Waals surface area contributed by atoms with E-state index in [0.29, 0.717) is 6.54 Å². The molecule has 0 aromatic heterocycles. The first kappa shape index (κ1) is 37.6. The molecule has 0 aliphatic carbocycles. The second-order valence-electron chi connectivity index (χ2n) is 10.7. The van der Waals surface area contributed by atoms with Crippen LogP contribution in [0.3, 0.4) is 0 Å². The molecule has 0 unspecified atom stereocenters. The molecule has 0 saturated heterocycles. The summed E-state index contributed by atoms with van der Waals surface area (Å²) in [5, 5.41) is 10.9. The van der Waals surface area contributed by atoms with Crippen LogP contribution in [0.15, 0.2) is 0 Å². The van der Waals surface area contributed by atoms with Crippen molar-refractivity contribution >= 4 is 5.97 Å². The summed E-state index contributed by atoms with van der Waals surface area (Å²) in [5.41, 5.74) is 0. The van der Waals surface area contributed by atoms with E-state index in [0.717, 1.165) is 13.1 Å². The van der Waals surface area contributed by atoms with Crippen LogP contribution in [0.2, 0.25) is 0 Å². The zero-order chi connectivity index (χ0) is 25.0. The number of hydrogen-bond donors (Lipinski definition) is 0. The first-order chi connectivity index (χ1) is 16.7. The Morgan fingerprint density at radius 3 is 0.971 bits per heavy atom. The fraction of sp³-hybridized carbons (Fsp3) is 0.968. The molecule has 0 fully saturated rings. The molecule has 0 aliphatic rings. The van der Waals surface area contributed by atoms with Crippen molar-refractivity contribution in [1.82, 2.24) is 4.90 Å². The van der Waals surface area contributed by atoms with E-state index in [2.05, 4.69) is 18.7 Å². The molecule has 3 nitrogen and oxygen atoms in total. The van der Waals surface area contributed by atoms with Gasteiger partial charge in [0.05, 0.1) is 0 Å². The van der Waals surface area contributed by atoms with Gasteiger partial charge in [-0.25, -0.2) is 0 Å². The molecule has 4 heteroatoms. The van der Waals surface area contributed by atoms with Crippen molar-refractivity contribution in [3.8, 4) is 0 Å². The number of nitrogens with zero attached hydrogens (tertiary/aromatic N) is 1. The van der Waals surface area contributed by atoms with Crippen LogP contribution in [0.4, 0.5) is 0 Å². The van der Waals surface area contributed by atoms with E-state index in [9.17, 15) is 9.90 Å². The molecule has 0 amide bonds. The van der Waals surface area contributed by atoms with Gasteiger partial charge in [-0.2, -0.15) is 0 Å². The van der Waals surface area contributed by atoms with E-state index in [-0.39, 0.29) is 36.0 Å². The smallest absolute Gasteiger partial charge is 0.550 e. The van der Waals surface area contributed by atoms with E-state index in [1.165, 1.54) is 154 Å². The Labute approximate surface area is 243 Å². The summed E-state index contributed by atoms with van der Waals surface area (Å²) in [6.45, 7) is 7.34. The SMILES string of the molecule is CCCCCCCCCCCCCCN(CCCCCCCCCCCCCC)CCC(=O)[O-].[Na+]. The van der Waals surface area contributed by atoms with Crippen LogP contribution in [0.1, 0.15) is 174 Å². The summed E-state index contributed by atoms with van der Waals surface area (Å²) in [7, 11) is 0. The summed E-state index contributed by atoms with van der Waals surface area (Å²) in [6.07, 6.45) is 33.0. The third kappa shape index (κ3) is 32.4. The minimum Gasteiger partial charge on any atom is -0.550 e. The second-order valence-corrected chi connectivity index (χ2v) is 10.7. The number of carboxylic acid groups (broad SMARTS) is 1. The summed E-state index contributed by atoms with van der Waals surface area (Å²) in [5.74, 6) is -0.908. The second kappa shape index (κ2) is 32.5. The number of unbranched alkanes of at least 4 members (excludes halogenated alkanes) is 22. The maximum absolute atomic E-state index is 10.9. The molecule has 204 valence electrons. The Hall–Kier alpha value is 0.430. The Morgan fingerprint density at radius 2 is 0.714 bits per heavy atom. The summed E-state index contributed by atoms with van der Waals surface area (Å²) >= 11 is 0. The monoisotopic (exact) mass is 503 g/mol. The van der Waals surface area contributed by atoms with E-state index in [4.69, 9.17) is 0 Å². The normalized spacial score (nSPS) is 11.2. The predicted octanol–water partition coefficient (Wildman–Crippen LogP) is 5.83. The average molecular weight is 504 g/mol. The van der Waals surface area contributed by atoms with E-state index in [1.54, 1.807) is 0 Å². The molecule has 0 aromatic rings. The van der Waals surface area contributed by atoms with E-state index < -0.39 is 5.97 Å². The molecule has 0 spiro atoms. The molecule has 0 N–H and O–H groups in total. The van der Waals surface area contributed by atoms with Gasteiger partial charge in [0.25, 0.3) is 0 Å². The Kier molecular flexibility index (Phi) is 34.9. The van der Waals surface area contributed by atoms with Crippen LogP contribution in [0, 0.1) is 0 Å². The zero-order valence-corrected chi connectivity index (χ0v) is 26.6. The van der Waals surface area contributed by atoms with Gasteiger partial charge in [0, 0.05) is 12.5 Å². The first-order valence-corrected chi connectivity index (χ1v) is 15.6. The van der Waals surface area contributed by atoms with Gasteiger partial charge in [0.2, 0.25) is 0 Å². The molecular formula is C31H62NNaO2. The minimum absolute atomic E-state index is 0. The number of carboxylic acids is 1. The van der Waals surface area contributed by atoms with Crippen LogP contribution in [-0.4, -0.2) is 30.5 Å². The van der Waals surface area contributed by atoms with Crippen LogP contribution >= 0.6 is 0 Å². The molecule has 0 heterocycles. The zero-order valence-electron chi connectivity index (χ0n) is 24.6. The number of carbonyl (C=O) groups is 1. The molecule has 0 radical (unpaired) electrons. The fourth-order valence-corrected chi connectivity index (χ4v) is 4.94. The maximum atomic E-state index is 10.9. The van der Waals surface area contributed by atoms with E-state index in [1.807, 2.05) is 0 Å². The van der Waals surface area contributed by atoms with Gasteiger partial charge in [-0.1, -0.05) is 155 Å². The van der Waals surface area contributed by atoms with Crippen molar-refractivity contribution in [2.75, 3.05) is 19.6 Å². The fourth-order valence-electron chi connectivity index (χ4n) is 4.94. The third-order valence-electron chi connectivity index (χ3n) is 7.29. The Bertz CT molecular complexity index is 377. The van der Waals surface area contributed by atoms with Gasteiger partial charge >= 0.3 is 29.6 Å². The molecule has 0 bridgehead atoms. The average Bonchev–Trinajstić information content (AvgIpc) is 2.83. The summed E-state index contributed by atoms with van der Waals surface area (Å²) in [6, 6.07) is 0. The van der Waals surface area contributed by atoms with Crippen molar-refractivity contribution in [1.29, 1.82) is 0 Å². The van der Waals surface area contributed by atoms with Crippen LogP contribution in [-0.2, 0) is 4.79 Å². The van der Waals surface area contributed by atoms with Crippen molar-refractivity contribution in [3.63, 3.8) is 0 Å². The number of carbonyl (C=O) groups excluding carboxylic acids is 1. The standard InChI is InChI=1S/C31H63NO2.Na/c1-3-5-7-9-11-13-15-17-19-21-23-25-28-32(30-27-31(33)34)29-26-24-22-20-18-16-14-12-10-8-6-4-2;/h3-30H2,1-2H3,(H,33,34);/q;+1/p-1. The number of rotatable bonds is 29. The van der Waals surface area contributed by atoms with Crippen LogP contribution < -0.4 is 34.7 Å². The molecule has 35 heavy (non-hydrogen) atoms. The van der Waals surface area contributed by atoms with Gasteiger partial charge in [-0.3, -0.25) is 0 Å². The molecule has 0 aliphatic heterocycles. The Morgan fingerprint density at radius 1 is 0.457 bits per heavy atom. The minimum atomic E-state index is -0.908. The molecule has 0 rings (SSSR count).